The Morgan fingerprint density at radius 1 is 0.968 bits per heavy atom. The molecule has 0 aliphatic carbocycles. The number of amides is 2. The molecule has 2 N–H and O–H groups in total. The highest BCUT2D eigenvalue weighted by Crippen LogP contribution is 2.28. The van der Waals surface area contributed by atoms with E-state index in [1.54, 1.807) is 18.2 Å². The van der Waals surface area contributed by atoms with Gasteiger partial charge >= 0.3 is 11.8 Å². The highest BCUT2D eigenvalue weighted by molar-refractivity contribution is 6.39. The van der Waals surface area contributed by atoms with Gasteiger partial charge in [-0.25, -0.2) is 0 Å². The Morgan fingerprint density at radius 3 is 2.32 bits per heavy atom. The summed E-state index contributed by atoms with van der Waals surface area (Å²) in [5.41, 5.74) is 1.56. The van der Waals surface area contributed by atoms with Gasteiger partial charge in [-0.2, -0.15) is 0 Å². The van der Waals surface area contributed by atoms with Gasteiger partial charge in [0.05, 0.1) is 19.9 Å². The minimum Gasteiger partial charge on any atom is -0.497 e. The lowest BCUT2D eigenvalue weighted by molar-refractivity contribution is -0.136. The fourth-order valence-corrected chi connectivity index (χ4v) is 3.50. The Labute approximate surface area is 187 Å². The first-order valence-electron chi connectivity index (χ1n) is 10.0. The third-order valence-corrected chi connectivity index (χ3v) is 5.39. The lowest BCUT2D eigenvalue weighted by Crippen LogP contribution is -2.49. The maximum atomic E-state index is 12.2. The van der Waals surface area contributed by atoms with Gasteiger partial charge < -0.3 is 25.0 Å². The normalized spacial score (nSPS) is 14.1. The molecule has 2 amide bonds. The molecule has 31 heavy (non-hydrogen) atoms. The van der Waals surface area contributed by atoms with Crippen LogP contribution >= 0.6 is 11.6 Å². The van der Waals surface area contributed by atoms with Crippen LogP contribution in [0.15, 0.2) is 42.5 Å². The number of methoxy groups -OCH3 is 2. The fourth-order valence-electron chi connectivity index (χ4n) is 3.37. The van der Waals surface area contributed by atoms with Crippen molar-refractivity contribution in [2.24, 2.45) is 0 Å². The van der Waals surface area contributed by atoms with E-state index in [4.69, 9.17) is 21.1 Å². The molecular weight excluding hydrogens is 420 g/mol. The lowest BCUT2D eigenvalue weighted by Gasteiger charge is -2.36. The van der Waals surface area contributed by atoms with Crippen molar-refractivity contribution in [3.05, 3.63) is 47.5 Å². The van der Waals surface area contributed by atoms with Gasteiger partial charge in [0.2, 0.25) is 0 Å². The highest BCUT2D eigenvalue weighted by Gasteiger charge is 2.19. The van der Waals surface area contributed by atoms with Crippen LogP contribution in [0.2, 0.25) is 5.02 Å². The second-order valence-corrected chi connectivity index (χ2v) is 7.52. The van der Waals surface area contributed by atoms with Crippen LogP contribution in [0.25, 0.3) is 0 Å². The van der Waals surface area contributed by atoms with Gasteiger partial charge in [-0.3, -0.25) is 14.5 Å². The SMILES string of the molecule is COc1ccc(NC(=O)C(=O)NCCN2CCN(c3ccc(Cl)cc3)CC2)c(OC)c1. The van der Waals surface area contributed by atoms with Gasteiger partial charge in [0.1, 0.15) is 11.5 Å². The Kier molecular flexibility index (Phi) is 7.97. The number of nitrogens with zero attached hydrogens (tertiary/aromatic N) is 2. The van der Waals surface area contributed by atoms with E-state index in [-0.39, 0.29) is 0 Å². The molecule has 0 unspecified atom stereocenters. The second-order valence-electron chi connectivity index (χ2n) is 7.08. The third-order valence-electron chi connectivity index (χ3n) is 5.14. The monoisotopic (exact) mass is 446 g/mol. The summed E-state index contributed by atoms with van der Waals surface area (Å²) in [4.78, 5) is 28.9. The Morgan fingerprint density at radius 2 is 1.68 bits per heavy atom. The highest BCUT2D eigenvalue weighted by atomic mass is 35.5. The molecule has 1 heterocycles. The average molecular weight is 447 g/mol. The fraction of sp³-hybridized carbons (Fsp3) is 0.364. The zero-order valence-electron chi connectivity index (χ0n) is 17.7. The molecule has 1 aliphatic rings. The summed E-state index contributed by atoms with van der Waals surface area (Å²) in [7, 11) is 3.02. The van der Waals surface area contributed by atoms with E-state index in [2.05, 4.69) is 20.4 Å². The van der Waals surface area contributed by atoms with Crippen molar-refractivity contribution >= 4 is 34.8 Å². The van der Waals surface area contributed by atoms with E-state index >= 15 is 0 Å². The second kappa shape index (κ2) is 10.9. The zero-order valence-corrected chi connectivity index (χ0v) is 18.4. The van der Waals surface area contributed by atoms with E-state index < -0.39 is 11.8 Å². The molecule has 8 nitrogen and oxygen atoms in total. The van der Waals surface area contributed by atoms with E-state index in [1.807, 2.05) is 24.3 Å². The molecule has 2 aromatic carbocycles. The summed E-state index contributed by atoms with van der Waals surface area (Å²) in [5.74, 6) is -0.414. The predicted octanol–water partition coefficient (Wildman–Crippen LogP) is 2.23. The molecule has 0 spiro atoms. The van der Waals surface area contributed by atoms with Crippen LogP contribution in [0.3, 0.4) is 0 Å². The molecule has 0 aromatic heterocycles. The number of carbonyl (C=O) groups excluding carboxylic acids is 2. The van der Waals surface area contributed by atoms with Crippen molar-refractivity contribution in [1.82, 2.24) is 10.2 Å². The van der Waals surface area contributed by atoms with Crippen LogP contribution in [0.4, 0.5) is 11.4 Å². The number of benzene rings is 2. The standard InChI is InChI=1S/C22H27ClN4O4/c1-30-18-7-8-19(20(15-18)31-2)25-22(29)21(28)24-9-10-26-11-13-27(14-12-26)17-5-3-16(23)4-6-17/h3-8,15H,9-14H2,1-2H3,(H,24,28)(H,25,29). The first kappa shape index (κ1) is 22.7. The van der Waals surface area contributed by atoms with Crippen molar-refractivity contribution in [3.8, 4) is 11.5 Å². The van der Waals surface area contributed by atoms with Gasteiger partial charge in [0, 0.05) is 56.0 Å². The van der Waals surface area contributed by atoms with Crippen LogP contribution in [0, 0.1) is 0 Å². The molecular formula is C22H27ClN4O4. The number of hydrogen-bond acceptors (Lipinski definition) is 6. The summed E-state index contributed by atoms with van der Waals surface area (Å²) < 4.78 is 10.4. The molecule has 1 saturated heterocycles. The number of hydrogen-bond donors (Lipinski definition) is 2. The van der Waals surface area contributed by atoms with Gasteiger partial charge in [0.25, 0.3) is 0 Å². The summed E-state index contributed by atoms with van der Waals surface area (Å²) in [6.07, 6.45) is 0. The van der Waals surface area contributed by atoms with Crippen molar-refractivity contribution in [3.63, 3.8) is 0 Å². The van der Waals surface area contributed by atoms with Crippen LogP contribution in [0.5, 0.6) is 11.5 Å². The minimum absolute atomic E-state index is 0.396. The molecule has 1 fully saturated rings. The molecule has 3 rings (SSSR count). The first-order valence-corrected chi connectivity index (χ1v) is 10.4. The van der Waals surface area contributed by atoms with E-state index in [1.165, 1.54) is 14.2 Å². The van der Waals surface area contributed by atoms with Gasteiger partial charge in [-0.15, -0.1) is 0 Å². The van der Waals surface area contributed by atoms with Crippen molar-refractivity contribution in [2.45, 2.75) is 0 Å². The molecule has 9 heteroatoms. The van der Waals surface area contributed by atoms with Crippen molar-refractivity contribution in [2.75, 3.05) is 63.7 Å². The maximum absolute atomic E-state index is 12.2. The summed E-state index contributed by atoms with van der Waals surface area (Å²) in [5, 5.41) is 5.97. The maximum Gasteiger partial charge on any atom is 0.313 e. The zero-order chi connectivity index (χ0) is 22.2. The van der Waals surface area contributed by atoms with E-state index in [0.717, 1.165) is 36.9 Å². The topological polar surface area (TPSA) is 83.1 Å². The summed E-state index contributed by atoms with van der Waals surface area (Å²) in [6.45, 7) is 4.63. The summed E-state index contributed by atoms with van der Waals surface area (Å²) >= 11 is 5.95. The molecule has 0 atom stereocenters. The largest absolute Gasteiger partial charge is 0.497 e. The van der Waals surface area contributed by atoms with Crippen molar-refractivity contribution in [1.29, 1.82) is 0 Å². The minimum atomic E-state index is -0.740. The van der Waals surface area contributed by atoms with E-state index in [0.29, 0.717) is 30.3 Å². The number of nitrogens with one attached hydrogen (secondary N) is 2. The van der Waals surface area contributed by atoms with Gasteiger partial charge in [-0.1, -0.05) is 11.6 Å². The van der Waals surface area contributed by atoms with E-state index in [9.17, 15) is 9.59 Å². The lowest BCUT2D eigenvalue weighted by atomic mass is 10.2. The third kappa shape index (κ3) is 6.26. The van der Waals surface area contributed by atoms with Crippen LogP contribution in [-0.4, -0.2) is 70.2 Å². The molecule has 0 radical (unpaired) electrons. The molecule has 0 bridgehead atoms. The quantitative estimate of drug-likeness (QED) is 0.635. The van der Waals surface area contributed by atoms with Crippen LogP contribution in [-0.2, 0) is 9.59 Å². The van der Waals surface area contributed by atoms with Gasteiger partial charge in [-0.05, 0) is 36.4 Å². The Balaban J connectivity index is 1.40. The number of piperazine rings is 1. The number of anilines is 2. The number of rotatable bonds is 7. The summed E-state index contributed by atoms with van der Waals surface area (Å²) in [6, 6.07) is 12.8. The average Bonchev–Trinajstić information content (AvgIpc) is 2.80. The van der Waals surface area contributed by atoms with Crippen molar-refractivity contribution < 1.29 is 19.1 Å². The molecule has 166 valence electrons. The first-order chi connectivity index (χ1) is 15.0. The molecule has 1 aliphatic heterocycles. The number of carbonyl (C=O) groups is 2. The predicted molar refractivity (Wildman–Crippen MR) is 121 cm³/mol. The molecule has 0 saturated carbocycles. The Hall–Kier alpha value is -2.97. The number of halogens is 1. The van der Waals surface area contributed by atoms with Crippen LogP contribution in [0.1, 0.15) is 0 Å². The van der Waals surface area contributed by atoms with Gasteiger partial charge in [0.15, 0.2) is 0 Å². The Bertz CT molecular complexity index is 899. The number of ether oxygens (including phenoxy) is 2. The van der Waals surface area contributed by atoms with Crippen LogP contribution < -0.4 is 25.0 Å². The molecule has 2 aromatic rings. The smallest absolute Gasteiger partial charge is 0.313 e.